The molecule has 1 aromatic carbocycles. The summed E-state index contributed by atoms with van der Waals surface area (Å²) in [5.41, 5.74) is 0. The molecule has 0 radical (unpaired) electrons. The first kappa shape index (κ1) is 21.0. The highest BCUT2D eigenvalue weighted by molar-refractivity contribution is 7.89. The molecule has 1 fully saturated rings. The Balaban J connectivity index is 2.04. The highest BCUT2D eigenvalue weighted by Crippen LogP contribution is 2.33. The first-order valence-electron chi connectivity index (χ1n) is 8.94. The van der Waals surface area contributed by atoms with Crippen molar-refractivity contribution in [1.82, 2.24) is 9.62 Å². The minimum atomic E-state index is -3.83. The number of piperidine rings is 1. The number of hydrogen-bond acceptors (Lipinski definition) is 6. The van der Waals surface area contributed by atoms with Gasteiger partial charge in [0, 0.05) is 25.2 Å². The zero-order chi connectivity index (χ0) is 19.3. The van der Waals surface area contributed by atoms with Gasteiger partial charge < -0.3 is 14.6 Å². The van der Waals surface area contributed by atoms with Gasteiger partial charge in [-0.2, -0.15) is 0 Å². The van der Waals surface area contributed by atoms with Gasteiger partial charge in [-0.15, -0.1) is 0 Å². The molecule has 2 N–H and O–H groups in total. The number of benzene rings is 1. The van der Waals surface area contributed by atoms with Crippen molar-refractivity contribution in [2.24, 2.45) is 0 Å². The molecule has 26 heavy (non-hydrogen) atoms. The predicted molar refractivity (Wildman–Crippen MR) is 100 cm³/mol. The molecule has 0 aromatic heterocycles. The Kier molecular flexibility index (Phi) is 7.28. The molecule has 8 heteroatoms. The van der Waals surface area contributed by atoms with E-state index in [4.69, 9.17) is 9.47 Å². The normalized spacial score (nSPS) is 22.8. The number of aliphatic hydroxyl groups excluding tert-OH is 1. The van der Waals surface area contributed by atoms with Crippen molar-refractivity contribution in [2.45, 2.75) is 56.2 Å². The van der Waals surface area contributed by atoms with Crippen LogP contribution in [-0.4, -0.2) is 63.9 Å². The summed E-state index contributed by atoms with van der Waals surface area (Å²) in [5.74, 6) is 0.488. The number of ether oxygens (including phenoxy) is 2. The lowest BCUT2D eigenvalue weighted by molar-refractivity contribution is 0.0438. The Hall–Kier alpha value is -1.35. The number of aliphatic hydroxyl groups is 1. The van der Waals surface area contributed by atoms with E-state index in [9.17, 15) is 13.5 Å². The molecule has 1 aliphatic heterocycles. The minimum Gasteiger partial charge on any atom is -0.493 e. The summed E-state index contributed by atoms with van der Waals surface area (Å²) in [6.07, 6.45) is 2.61. The second-order valence-corrected chi connectivity index (χ2v) is 8.56. The van der Waals surface area contributed by atoms with Gasteiger partial charge in [0.25, 0.3) is 0 Å². The van der Waals surface area contributed by atoms with Gasteiger partial charge in [0.2, 0.25) is 10.0 Å². The summed E-state index contributed by atoms with van der Waals surface area (Å²) in [4.78, 5) is 2.24. The molecule has 7 nitrogen and oxygen atoms in total. The summed E-state index contributed by atoms with van der Waals surface area (Å²) >= 11 is 0. The van der Waals surface area contributed by atoms with Crippen LogP contribution >= 0.6 is 0 Å². The van der Waals surface area contributed by atoms with Crippen LogP contribution in [0.3, 0.4) is 0 Å². The maximum Gasteiger partial charge on any atom is 0.244 e. The number of nitrogens with zero attached hydrogens (tertiary/aromatic N) is 1. The lowest BCUT2D eigenvalue weighted by Crippen LogP contribution is -2.49. The Morgan fingerprint density at radius 3 is 2.46 bits per heavy atom. The van der Waals surface area contributed by atoms with E-state index in [0.29, 0.717) is 24.4 Å². The molecular formula is C18H30N2O5S. The van der Waals surface area contributed by atoms with Gasteiger partial charge >= 0.3 is 0 Å². The van der Waals surface area contributed by atoms with Crippen LogP contribution < -0.4 is 14.2 Å². The van der Waals surface area contributed by atoms with Crippen LogP contribution in [-0.2, 0) is 10.0 Å². The van der Waals surface area contributed by atoms with Crippen molar-refractivity contribution in [2.75, 3.05) is 27.3 Å². The molecule has 1 heterocycles. The van der Waals surface area contributed by atoms with Crippen molar-refractivity contribution in [3.8, 4) is 11.5 Å². The van der Waals surface area contributed by atoms with Gasteiger partial charge in [-0.25, -0.2) is 13.1 Å². The standard InChI is InChI=1S/C18H30N2O5S/c1-13-7-5-8-14(2)20(13)12-15(21)11-19-26(22,23)17-10-6-9-16(24-3)18(17)25-4/h6,9-10,13-15,19,21H,5,7-8,11-12H2,1-4H3/t13-,14+,15?. The molecule has 3 atom stereocenters. The van der Waals surface area contributed by atoms with Gasteiger partial charge in [-0.1, -0.05) is 12.5 Å². The number of methoxy groups -OCH3 is 2. The molecule has 0 spiro atoms. The van der Waals surface area contributed by atoms with Gasteiger partial charge in [0.05, 0.1) is 20.3 Å². The van der Waals surface area contributed by atoms with E-state index >= 15 is 0 Å². The summed E-state index contributed by atoms with van der Waals surface area (Å²) in [6, 6.07) is 5.45. The average Bonchev–Trinajstić information content (AvgIpc) is 2.62. The molecule has 0 saturated carbocycles. The first-order valence-corrected chi connectivity index (χ1v) is 10.4. The van der Waals surface area contributed by atoms with Crippen LogP contribution in [0.4, 0.5) is 0 Å². The highest BCUT2D eigenvalue weighted by atomic mass is 32.2. The van der Waals surface area contributed by atoms with Crippen molar-refractivity contribution in [1.29, 1.82) is 0 Å². The second kappa shape index (κ2) is 9.03. The SMILES string of the molecule is COc1cccc(S(=O)(=O)NCC(O)CN2[C@H](C)CCC[C@@H]2C)c1OC. The van der Waals surface area contributed by atoms with Crippen LogP contribution in [0.15, 0.2) is 23.1 Å². The molecule has 0 aliphatic carbocycles. The van der Waals surface area contributed by atoms with Crippen LogP contribution in [0.5, 0.6) is 11.5 Å². The largest absolute Gasteiger partial charge is 0.493 e. The number of hydrogen-bond donors (Lipinski definition) is 2. The number of β-amino-alcohol motifs (C(OH)–C–C–N with tert-alkyl or cyclic N) is 1. The van der Waals surface area contributed by atoms with Gasteiger partial charge in [-0.3, -0.25) is 4.90 Å². The third-order valence-corrected chi connectivity index (χ3v) is 6.41. The summed E-state index contributed by atoms with van der Waals surface area (Å²) < 4.78 is 38.1. The van der Waals surface area contributed by atoms with E-state index < -0.39 is 16.1 Å². The second-order valence-electron chi connectivity index (χ2n) is 6.82. The predicted octanol–water partition coefficient (Wildman–Crippen LogP) is 1.61. The van der Waals surface area contributed by atoms with E-state index in [0.717, 1.165) is 12.8 Å². The van der Waals surface area contributed by atoms with Crippen molar-refractivity contribution in [3.63, 3.8) is 0 Å². The molecule has 0 bridgehead atoms. The third-order valence-electron chi connectivity index (χ3n) is 4.96. The fraction of sp³-hybridized carbons (Fsp3) is 0.667. The number of nitrogens with one attached hydrogen (secondary N) is 1. The van der Waals surface area contributed by atoms with Gasteiger partial charge in [0.1, 0.15) is 4.90 Å². The van der Waals surface area contributed by atoms with E-state index in [-0.39, 0.29) is 17.2 Å². The lowest BCUT2D eigenvalue weighted by Gasteiger charge is -2.40. The molecule has 2 rings (SSSR count). The first-order chi connectivity index (χ1) is 12.3. The molecule has 1 aliphatic rings. The number of likely N-dealkylation sites (tertiary alicyclic amines) is 1. The van der Waals surface area contributed by atoms with Crippen molar-refractivity contribution in [3.05, 3.63) is 18.2 Å². The Bertz CT molecular complexity index is 685. The molecule has 1 aromatic rings. The molecule has 1 unspecified atom stereocenters. The zero-order valence-electron chi connectivity index (χ0n) is 15.9. The smallest absolute Gasteiger partial charge is 0.244 e. The van der Waals surface area contributed by atoms with Crippen LogP contribution in [0.2, 0.25) is 0 Å². The maximum absolute atomic E-state index is 12.6. The van der Waals surface area contributed by atoms with E-state index in [2.05, 4.69) is 23.5 Å². The Morgan fingerprint density at radius 2 is 1.88 bits per heavy atom. The van der Waals surface area contributed by atoms with Gasteiger partial charge in [-0.05, 0) is 38.8 Å². The minimum absolute atomic E-state index is 0.00809. The summed E-state index contributed by atoms with van der Waals surface area (Å²) in [7, 11) is -0.988. The van der Waals surface area contributed by atoms with Crippen LogP contribution in [0, 0.1) is 0 Å². The lowest BCUT2D eigenvalue weighted by atomic mass is 9.97. The number of rotatable bonds is 8. The fourth-order valence-corrected chi connectivity index (χ4v) is 4.75. The summed E-state index contributed by atoms with van der Waals surface area (Å²) in [6.45, 7) is 4.68. The molecule has 148 valence electrons. The topological polar surface area (TPSA) is 88.1 Å². The average molecular weight is 387 g/mol. The van der Waals surface area contributed by atoms with E-state index in [1.807, 2.05) is 0 Å². The Morgan fingerprint density at radius 1 is 1.23 bits per heavy atom. The fourth-order valence-electron chi connectivity index (χ4n) is 3.50. The van der Waals surface area contributed by atoms with E-state index in [1.54, 1.807) is 12.1 Å². The molecule has 0 amide bonds. The van der Waals surface area contributed by atoms with Crippen molar-refractivity contribution < 1.29 is 23.0 Å². The van der Waals surface area contributed by atoms with Crippen molar-refractivity contribution >= 4 is 10.0 Å². The molecular weight excluding hydrogens is 356 g/mol. The maximum atomic E-state index is 12.6. The third kappa shape index (κ3) is 4.88. The van der Waals surface area contributed by atoms with Gasteiger partial charge in [0.15, 0.2) is 11.5 Å². The summed E-state index contributed by atoms with van der Waals surface area (Å²) in [5, 5.41) is 10.3. The highest BCUT2D eigenvalue weighted by Gasteiger charge is 2.28. The molecule has 1 saturated heterocycles. The van der Waals surface area contributed by atoms with Crippen LogP contribution in [0.25, 0.3) is 0 Å². The monoisotopic (exact) mass is 386 g/mol. The number of sulfonamides is 1. The quantitative estimate of drug-likeness (QED) is 0.706. The number of para-hydroxylation sites is 1. The Labute approximate surface area is 156 Å². The van der Waals surface area contributed by atoms with E-state index in [1.165, 1.54) is 26.7 Å². The van der Waals surface area contributed by atoms with Crippen LogP contribution in [0.1, 0.15) is 33.1 Å². The zero-order valence-corrected chi connectivity index (χ0v) is 16.8.